The number of alkyl halides is 1. The molecule has 0 aromatic heterocycles. The minimum Gasteiger partial charge on any atom is -0.380 e. The zero-order valence-electron chi connectivity index (χ0n) is 7.71. The van der Waals surface area contributed by atoms with Crippen molar-refractivity contribution in [2.75, 3.05) is 7.11 Å². The van der Waals surface area contributed by atoms with Crippen LogP contribution in [0.3, 0.4) is 0 Å². The van der Waals surface area contributed by atoms with Crippen molar-refractivity contribution in [3.63, 3.8) is 0 Å². The van der Waals surface area contributed by atoms with Gasteiger partial charge in [-0.2, -0.15) is 0 Å². The maximum atomic E-state index is 13.2. The molecular formula is C9H7BrF4O. The number of halogens is 5. The van der Waals surface area contributed by atoms with Gasteiger partial charge < -0.3 is 4.74 Å². The maximum absolute atomic E-state index is 13.2. The van der Waals surface area contributed by atoms with Gasteiger partial charge in [-0.1, -0.05) is 15.9 Å². The molecule has 1 nitrogen and oxygen atoms in total. The summed E-state index contributed by atoms with van der Waals surface area (Å²) in [4.78, 5) is 0. The Morgan fingerprint density at radius 3 is 1.67 bits per heavy atom. The Bertz CT molecular complexity index is 352. The van der Waals surface area contributed by atoms with E-state index in [2.05, 4.69) is 20.7 Å². The highest BCUT2D eigenvalue weighted by Crippen LogP contribution is 2.26. The predicted octanol–water partition coefficient (Wildman–Crippen LogP) is 3.28. The van der Waals surface area contributed by atoms with E-state index in [1.807, 2.05) is 0 Å². The molecule has 0 unspecified atom stereocenters. The molecule has 1 aromatic carbocycles. The van der Waals surface area contributed by atoms with E-state index in [1.54, 1.807) is 0 Å². The first-order valence-corrected chi connectivity index (χ1v) is 5.05. The Morgan fingerprint density at radius 1 is 0.933 bits per heavy atom. The van der Waals surface area contributed by atoms with Crippen LogP contribution in [0.25, 0.3) is 0 Å². The van der Waals surface area contributed by atoms with Crippen LogP contribution in [0.5, 0.6) is 0 Å². The Kier molecular flexibility index (Phi) is 4.10. The quantitative estimate of drug-likeness (QED) is 0.471. The topological polar surface area (TPSA) is 9.23 Å². The molecule has 0 aliphatic heterocycles. The molecule has 0 heterocycles. The molecule has 1 rings (SSSR count). The fraction of sp³-hybridized carbons (Fsp3) is 0.333. The van der Waals surface area contributed by atoms with Gasteiger partial charge in [-0.3, -0.25) is 0 Å². The third kappa shape index (κ3) is 2.15. The molecule has 0 aliphatic rings. The molecule has 0 saturated carbocycles. The van der Waals surface area contributed by atoms with E-state index >= 15 is 0 Å². The van der Waals surface area contributed by atoms with Crippen LogP contribution in [0.15, 0.2) is 0 Å². The van der Waals surface area contributed by atoms with E-state index in [0.717, 1.165) is 0 Å². The Balaban J connectivity index is 3.44. The molecule has 0 N–H and O–H groups in total. The SMILES string of the molecule is COCc1c(F)c(F)c(CBr)c(F)c1F. The number of hydrogen-bond donors (Lipinski definition) is 0. The summed E-state index contributed by atoms with van der Waals surface area (Å²) < 4.78 is 57.2. The standard InChI is InChI=1S/C9H7BrF4O/c1-15-3-5-8(13)6(11)4(2-10)7(12)9(5)14/h2-3H2,1H3. The summed E-state index contributed by atoms with van der Waals surface area (Å²) in [5.74, 6) is -5.61. The van der Waals surface area contributed by atoms with Crippen molar-refractivity contribution in [2.45, 2.75) is 11.9 Å². The van der Waals surface area contributed by atoms with Crippen molar-refractivity contribution in [3.05, 3.63) is 34.4 Å². The number of methoxy groups -OCH3 is 1. The predicted molar refractivity (Wildman–Crippen MR) is 49.6 cm³/mol. The van der Waals surface area contributed by atoms with Gasteiger partial charge in [0, 0.05) is 18.0 Å². The number of rotatable bonds is 3. The van der Waals surface area contributed by atoms with Gasteiger partial charge >= 0.3 is 0 Å². The van der Waals surface area contributed by atoms with E-state index in [-0.39, 0.29) is 5.33 Å². The van der Waals surface area contributed by atoms with Crippen molar-refractivity contribution in [1.82, 2.24) is 0 Å². The summed E-state index contributed by atoms with van der Waals surface area (Å²) >= 11 is 2.75. The third-order valence-corrected chi connectivity index (χ3v) is 2.43. The molecule has 0 radical (unpaired) electrons. The van der Waals surface area contributed by atoms with Gasteiger partial charge in [0.2, 0.25) is 0 Å². The molecule has 0 aliphatic carbocycles. The van der Waals surface area contributed by atoms with Crippen LogP contribution in [0, 0.1) is 23.3 Å². The summed E-state index contributed by atoms with van der Waals surface area (Å²) in [5, 5.41) is -0.300. The van der Waals surface area contributed by atoms with Crippen molar-refractivity contribution in [2.24, 2.45) is 0 Å². The smallest absolute Gasteiger partial charge is 0.167 e. The summed E-state index contributed by atoms with van der Waals surface area (Å²) in [6, 6.07) is 0. The lowest BCUT2D eigenvalue weighted by Crippen LogP contribution is -2.08. The molecular weight excluding hydrogens is 280 g/mol. The Labute approximate surface area is 92.2 Å². The largest absolute Gasteiger partial charge is 0.380 e. The van der Waals surface area contributed by atoms with Crippen LogP contribution in [0.1, 0.15) is 11.1 Å². The molecule has 0 bridgehead atoms. The summed E-state index contributed by atoms with van der Waals surface area (Å²) in [7, 11) is 1.17. The third-order valence-electron chi connectivity index (χ3n) is 1.87. The van der Waals surface area contributed by atoms with Crippen LogP contribution in [-0.2, 0) is 16.7 Å². The molecule has 0 amide bonds. The van der Waals surface area contributed by atoms with Gasteiger partial charge in [0.25, 0.3) is 0 Å². The lowest BCUT2D eigenvalue weighted by Gasteiger charge is -2.09. The van der Waals surface area contributed by atoms with Crippen molar-refractivity contribution in [1.29, 1.82) is 0 Å². The maximum Gasteiger partial charge on any atom is 0.167 e. The van der Waals surface area contributed by atoms with Crippen molar-refractivity contribution in [3.8, 4) is 0 Å². The van der Waals surface area contributed by atoms with Gasteiger partial charge in [0.15, 0.2) is 23.3 Å². The van der Waals surface area contributed by atoms with Gasteiger partial charge in [0.1, 0.15) is 0 Å². The molecule has 6 heteroatoms. The number of hydrogen-bond acceptors (Lipinski definition) is 1. The second kappa shape index (κ2) is 4.94. The minimum absolute atomic E-state index is 0.300. The zero-order valence-corrected chi connectivity index (χ0v) is 9.30. The molecule has 0 fully saturated rings. The van der Waals surface area contributed by atoms with Gasteiger partial charge in [-0.25, -0.2) is 17.6 Å². The second-order valence-corrected chi connectivity index (χ2v) is 3.34. The Morgan fingerprint density at radius 2 is 1.33 bits per heavy atom. The van der Waals surface area contributed by atoms with Gasteiger partial charge in [-0.15, -0.1) is 0 Å². The first-order valence-electron chi connectivity index (χ1n) is 3.93. The van der Waals surface area contributed by atoms with E-state index < -0.39 is 41.0 Å². The fourth-order valence-corrected chi connectivity index (χ4v) is 1.60. The van der Waals surface area contributed by atoms with E-state index in [9.17, 15) is 17.6 Å². The molecule has 0 atom stereocenters. The first-order chi connectivity index (χ1) is 7.04. The summed E-state index contributed by atoms with van der Waals surface area (Å²) in [5.41, 5.74) is -1.40. The van der Waals surface area contributed by atoms with Crippen LogP contribution in [0.4, 0.5) is 17.6 Å². The van der Waals surface area contributed by atoms with Crippen molar-refractivity contribution < 1.29 is 22.3 Å². The average molecular weight is 287 g/mol. The average Bonchev–Trinajstić information content (AvgIpc) is 2.23. The number of benzene rings is 1. The summed E-state index contributed by atoms with van der Waals surface area (Å²) in [6.45, 7) is -0.520. The Hall–Kier alpha value is -0.620. The van der Waals surface area contributed by atoms with E-state index in [1.165, 1.54) is 7.11 Å². The highest BCUT2D eigenvalue weighted by Gasteiger charge is 2.24. The molecule has 1 aromatic rings. The van der Waals surface area contributed by atoms with E-state index in [4.69, 9.17) is 0 Å². The molecule has 15 heavy (non-hydrogen) atoms. The van der Waals surface area contributed by atoms with E-state index in [0.29, 0.717) is 0 Å². The van der Waals surface area contributed by atoms with Crippen LogP contribution < -0.4 is 0 Å². The van der Waals surface area contributed by atoms with Crippen molar-refractivity contribution >= 4 is 15.9 Å². The van der Waals surface area contributed by atoms with Crippen LogP contribution in [0.2, 0.25) is 0 Å². The highest BCUT2D eigenvalue weighted by atomic mass is 79.9. The summed E-state index contributed by atoms with van der Waals surface area (Å²) in [6.07, 6.45) is 0. The second-order valence-electron chi connectivity index (χ2n) is 2.78. The first kappa shape index (κ1) is 12.4. The van der Waals surface area contributed by atoms with Gasteiger partial charge in [0.05, 0.1) is 12.2 Å². The normalized spacial score (nSPS) is 10.8. The molecule has 84 valence electrons. The molecule has 0 spiro atoms. The number of ether oxygens (including phenoxy) is 1. The fourth-order valence-electron chi connectivity index (χ4n) is 1.11. The zero-order chi connectivity index (χ0) is 11.6. The van der Waals surface area contributed by atoms with Crippen LogP contribution >= 0.6 is 15.9 Å². The minimum atomic E-state index is -1.41. The molecule has 0 saturated heterocycles. The van der Waals surface area contributed by atoms with Gasteiger partial charge in [-0.05, 0) is 0 Å². The van der Waals surface area contributed by atoms with Crippen LogP contribution in [-0.4, -0.2) is 7.11 Å². The monoisotopic (exact) mass is 286 g/mol. The lowest BCUT2D eigenvalue weighted by molar-refractivity contribution is 0.175. The highest BCUT2D eigenvalue weighted by molar-refractivity contribution is 9.08. The lowest BCUT2D eigenvalue weighted by atomic mass is 10.1.